The third-order valence-electron chi connectivity index (χ3n) is 4.35. The molecule has 1 aliphatic carbocycles. The Bertz CT molecular complexity index is 569. The molecule has 0 radical (unpaired) electrons. The van der Waals surface area contributed by atoms with Crippen LogP contribution >= 0.6 is 0 Å². The third kappa shape index (κ3) is 4.07. The molecular weight excluding hydrogens is 278 g/mol. The topological polar surface area (TPSA) is 61.4 Å². The number of hydrogen-bond acceptors (Lipinski definition) is 3. The van der Waals surface area contributed by atoms with Crippen LogP contribution in [0, 0.1) is 5.92 Å². The van der Waals surface area contributed by atoms with Crippen molar-refractivity contribution in [1.29, 1.82) is 0 Å². The van der Waals surface area contributed by atoms with Gasteiger partial charge in [-0.15, -0.1) is 0 Å². The van der Waals surface area contributed by atoms with Crippen molar-refractivity contribution in [3.63, 3.8) is 0 Å². The van der Waals surface area contributed by atoms with Gasteiger partial charge in [-0.2, -0.15) is 0 Å². The maximum absolute atomic E-state index is 12.1. The first kappa shape index (κ1) is 15.0. The van der Waals surface area contributed by atoms with Gasteiger partial charge in [0.1, 0.15) is 0 Å². The van der Waals surface area contributed by atoms with Crippen LogP contribution in [0.2, 0.25) is 0 Å². The van der Waals surface area contributed by atoms with Gasteiger partial charge in [0.15, 0.2) is 5.78 Å². The van der Waals surface area contributed by atoms with Crippen molar-refractivity contribution in [3.05, 3.63) is 29.8 Å². The number of hydrogen-bond donors (Lipinski definition) is 2. The Labute approximate surface area is 131 Å². The second-order valence-electron chi connectivity index (χ2n) is 6.42. The Hall–Kier alpha value is -1.88. The Morgan fingerprint density at radius 1 is 1.27 bits per heavy atom. The molecule has 5 heteroatoms. The van der Waals surface area contributed by atoms with E-state index in [0.717, 1.165) is 25.4 Å². The number of urea groups is 1. The zero-order chi connectivity index (χ0) is 15.5. The van der Waals surface area contributed by atoms with Gasteiger partial charge in [0.25, 0.3) is 0 Å². The summed E-state index contributed by atoms with van der Waals surface area (Å²) in [5.41, 5.74) is 1.26. The predicted molar refractivity (Wildman–Crippen MR) is 86.2 cm³/mol. The Morgan fingerprint density at radius 2 is 2.09 bits per heavy atom. The van der Waals surface area contributed by atoms with Crippen molar-refractivity contribution in [3.8, 4) is 0 Å². The summed E-state index contributed by atoms with van der Waals surface area (Å²) in [5, 5.41) is 5.83. The number of ketones is 1. The van der Waals surface area contributed by atoms with Gasteiger partial charge >= 0.3 is 6.03 Å². The van der Waals surface area contributed by atoms with Crippen molar-refractivity contribution < 1.29 is 9.59 Å². The minimum absolute atomic E-state index is 0.00410. The number of likely N-dealkylation sites (tertiary alicyclic amines) is 1. The van der Waals surface area contributed by atoms with Crippen LogP contribution in [0.3, 0.4) is 0 Å². The van der Waals surface area contributed by atoms with E-state index in [1.165, 1.54) is 26.3 Å². The van der Waals surface area contributed by atoms with Gasteiger partial charge in [0, 0.05) is 36.9 Å². The number of carbonyl (C=O) groups is 2. The van der Waals surface area contributed by atoms with E-state index in [1.54, 1.807) is 24.3 Å². The summed E-state index contributed by atoms with van der Waals surface area (Å²) in [5.74, 6) is 0.887. The van der Waals surface area contributed by atoms with Crippen LogP contribution in [0.5, 0.6) is 0 Å². The van der Waals surface area contributed by atoms with Crippen molar-refractivity contribution in [1.82, 2.24) is 10.2 Å². The molecule has 118 valence electrons. The summed E-state index contributed by atoms with van der Waals surface area (Å²) >= 11 is 0. The van der Waals surface area contributed by atoms with Gasteiger partial charge in [-0.3, -0.25) is 4.79 Å². The number of nitrogens with one attached hydrogen (secondary N) is 2. The first-order valence-corrected chi connectivity index (χ1v) is 8.01. The van der Waals surface area contributed by atoms with E-state index < -0.39 is 0 Å². The fourth-order valence-electron chi connectivity index (χ4n) is 2.95. The number of rotatable bonds is 5. The Balaban J connectivity index is 1.48. The number of carbonyl (C=O) groups excluding carboxylic acids is 2. The molecular formula is C17H23N3O2. The van der Waals surface area contributed by atoms with E-state index in [-0.39, 0.29) is 17.9 Å². The standard InChI is InChI=1S/C17H23N3O2/c1-12(21)14-3-2-4-15(9-14)18-17(22)19-16-7-8-20(11-16)10-13-5-6-13/h2-4,9,13,16H,5-8,10-11H2,1H3,(H2,18,19,22)/t16-/m1/s1. The molecule has 0 bridgehead atoms. The molecule has 1 aromatic rings. The van der Waals surface area contributed by atoms with E-state index >= 15 is 0 Å². The van der Waals surface area contributed by atoms with Crippen LogP contribution in [-0.4, -0.2) is 42.4 Å². The molecule has 2 N–H and O–H groups in total. The summed E-state index contributed by atoms with van der Waals surface area (Å²) in [6, 6.07) is 7.04. The summed E-state index contributed by atoms with van der Waals surface area (Å²) < 4.78 is 0. The molecule has 2 aliphatic rings. The Morgan fingerprint density at radius 3 is 2.82 bits per heavy atom. The van der Waals surface area contributed by atoms with Gasteiger partial charge in [-0.25, -0.2) is 4.79 Å². The van der Waals surface area contributed by atoms with Crippen molar-refractivity contribution >= 4 is 17.5 Å². The molecule has 1 atom stereocenters. The van der Waals surface area contributed by atoms with Crippen LogP contribution in [0.4, 0.5) is 10.5 Å². The lowest BCUT2D eigenvalue weighted by molar-refractivity contribution is 0.101. The fraction of sp³-hybridized carbons (Fsp3) is 0.529. The summed E-state index contributed by atoms with van der Waals surface area (Å²) in [6.45, 7) is 4.71. The smallest absolute Gasteiger partial charge is 0.319 e. The van der Waals surface area contributed by atoms with Gasteiger partial charge < -0.3 is 15.5 Å². The molecule has 3 rings (SSSR count). The molecule has 2 fully saturated rings. The molecule has 0 spiro atoms. The minimum atomic E-state index is -0.195. The van der Waals surface area contributed by atoms with E-state index in [0.29, 0.717) is 11.3 Å². The van der Waals surface area contributed by atoms with Crippen LogP contribution in [0.15, 0.2) is 24.3 Å². The molecule has 5 nitrogen and oxygen atoms in total. The van der Waals surface area contributed by atoms with Crippen LogP contribution in [-0.2, 0) is 0 Å². The zero-order valence-corrected chi connectivity index (χ0v) is 13.0. The van der Waals surface area contributed by atoms with Crippen molar-refractivity contribution in [2.75, 3.05) is 25.0 Å². The van der Waals surface area contributed by atoms with Crippen LogP contribution in [0.25, 0.3) is 0 Å². The third-order valence-corrected chi connectivity index (χ3v) is 4.35. The minimum Gasteiger partial charge on any atom is -0.334 e. The first-order valence-electron chi connectivity index (χ1n) is 8.01. The summed E-state index contributed by atoms with van der Waals surface area (Å²) in [6.07, 6.45) is 3.73. The normalized spacial score (nSPS) is 21.6. The van der Waals surface area contributed by atoms with Gasteiger partial charge in [-0.05, 0) is 44.2 Å². The molecule has 0 unspecified atom stereocenters. The Kier molecular flexibility index (Phi) is 4.43. The number of nitrogens with zero attached hydrogens (tertiary/aromatic N) is 1. The summed E-state index contributed by atoms with van der Waals surface area (Å²) in [4.78, 5) is 25.9. The highest BCUT2D eigenvalue weighted by Gasteiger charge is 2.29. The lowest BCUT2D eigenvalue weighted by Crippen LogP contribution is -2.39. The predicted octanol–water partition coefficient (Wildman–Crippen LogP) is 2.50. The number of anilines is 1. The van der Waals surface area contributed by atoms with E-state index in [2.05, 4.69) is 15.5 Å². The highest BCUT2D eigenvalue weighted by molar-refractivity contribution is 5.96. The maximum atomic E-state index is 12.1. The first-order chi connectivity index (χ1) is 10.6. The highest BCUT2D eigenvalue weighted by atomic mass is 16.2. The van der Waals surface area contributed by atoms with Crippen molar-refractivity contribution in [2.24, 2.45) is 5.92 Å². The van der Waals surface area contributed by atoms with E-state index in [4.69, 9.17) is 0 Å². The lowest BCUT2D eigenvalue weighted by Gasteiger charge is -2.16. The molecule has 1 saturated heterocycles. The molecule has 1 saturated carbocycles. The number of Topliss-reactive ketones (excluding diaryl/α,β-unsaturated/α-hetero) is 1. The van der Waals surface area contributed by atoms with Crippen LogP contribution in [0.1, 0.15) is 36.5 Å². The van der Waals surface area contributed by atoms with Crippen molar-refractivity contribution in [2.45, 2.75) is 32.2 Å². The second kappa shape index (κ2) is 6.48. The van der Waals surface area contributed by atoms with Gasteiger partial charge in [0.2, 0.25) is 0 Å². The fourth-order valence-corrected chi connectivity index (χ4v) is 2.95. The van der Waals surface area contributed by atoms with Gasteiger partial charge in [-0.1, -0.05) is 12.1 Å². The molecule has 1 heterocycles. The monoisotopic (exact) mass is 301 g/mol. The quantitative estimate of drug-likeness (QED) is 0.821. The molecule has 0 aromatic heterocycles. The molecule has 1 aliphatic heterocycles. The lowest BCUT2D eigenvalue weighted by atomic mass is 10.1. The SMILES string of the molecule is CC(=O)c1cccc(NC(=O)N[C@@H]2CCN(CC3CC3)C2)c1. The second-order valence-corrected chi connectivity index (χ2v) is 6.42. The number of benzene rings is 1. The van der Waals surface area contributed by atoms with E-state index in [1.807, 2.05) is 0 Å². The summed E-state index contributed by atoms with van der Waals surface area (Å²) in [7, 11) is 0. The van der Waals surface area contributed by atoms with E-state index in [9.17, 15) is 9.59 Å². The average Bonchev–Trinajstić information content (AvgIpc) is 3.18. The molecule has 22 heavy (non-hydrogen) atoms. The largest absolute Gasteiger partial charge is 0.334 e. The molecule has 2 amide bonds. The number of amides is 2. The molecule has 1 aromatic carbocycles. The maximum Gasteiger partial charge on any atom is 0.319 e. The highest BCUT2D eigenvalue weighted by Crippen LogP contribution is 2.30. The van der Waals surface area contributed by atoms with Gasteiger partial charge in [0.05, 0.1) is 0 Å². The average molecular weight is 301 g/mol. The zero-order valence-electron chi connectivity index (χ0n) is 13.0. The van der Waals surface area contributed by atoms with Crippen LogP contribution < -0.4 is 10.6 Å².